The summed E-state index contributed by atoms with van der Waals surface area (Å²) in [6.07, 6.45) is 4.06. The molecule has 1 aliphatic carbocycles. The summed E-state index contributed by atoms with van der Waals surface area (Å²) in [5.41, 5.74) is 5.83. The zero-order chi connectivity index (χ0) is 11.3. The molecule has 3 N–H and O–H groups in total. The van der Waals surface area contributed by atoms with Gasteiger partial charge < -0.3 is 16.0 Å². The first kappa shape index (κ1) is 12.5. The molecule has 0 radical (unpaired) electrons. The molecular formula is C11H23N3O. The van der Waals surface area contributed by atoms with E-state index >= 15 is 0 Å². The lowest BCUT2D eigenvalue weighted by molar-refractivity contribution is -0.124. The van der Waals surface area contributed by atoms with Gasteiger partial charge >= 0.3 is 0 Å². The molecule has 1 saturated carbocycles. The van der Waals surface area contributed by atoms with Crippen LogP contribution in [0.1, 0.15) is 25.7 Å². The van der Waals surface area contributed by atoms with E-state index in [1.807, 2.05) is 14.1 Å². The van der Waals surface area contributed by atoms with Gasteiger partial charge in [0.15, 0.2) is 0 Å². The maximum Gasteiger partial charge on any atom is 0.220 e. The van der Waals surface area contributed by atoms with Crippen LogP contribution in [-0.4, -0.2) is 44.5 Å². The maximum atomic E-state index is 11.6. The number of nitrogens with two attached hydrogens (primary N) is 1. The van der Waals surface area contributed by atoms with Gasteiger partial charge in [-0.25, -0.2) is 0 Å². The first-order valence-electron chi connectivity index (χ1n) is 5.69. The second kappa shape index (κ2) is 5.47. The number of carbonyl (C=O) groups is 1. The predicted molar refractivity (Wildman–Crippen MR) is 61.5 cm³/mol. The monoisotopic (exact) mass is 213 g/mol. The molecule has 4 nitrogen and oxygen atoms in total. The van der Waals surface area contributed by atoms with Crippen LogP contribution in [0.25, 0.3) is 0 Å². The third kappa shape index (κ3) is 3.80. The molecule has 0 heterocycles. The average molecular weight is 213 g/mol. The Bertz CT molecular complexity index is 206. The third-order valence-electron chi connectivity index (χ3n) is 3.26. The Balaban J connectivity index is 2.17. The highest BCUT2D eigenvalue weighted by Gasteiger charge is 2.37. The van der Waals surface area contributed by atoms with Gasteiger partial charge in [-0.2, -0.15) is 0 Å². The lowest BCUT2D eigenvalue weighted by atomic mass is 9.66. The molecule has 88 valence electrons. The molecule has 0 spiro atoms. The third-order valence-corrected chi connectivity index (χ3v) is 3.26. The number of rotatable bonds is 6. The SMILES string of the molecule is CN(C)CCNC(=O)CC1(CN)CCC1. The number of nitrogens with one attached hydrogen (secondary N) is 1. The number of amides is 1. The molecule has 0 bridgehead atoms. The Labute approximate surface area is 92.2 Å². The molecule has 0 aliphatic heterocycles. The molecule has 0 unspecified atom stereocenters. The van der Waals surface area contributed by atoms with Gasteiger partial charge in [-0.3, -0.25) is 4.79 Å². The van der Waals surface area contributed by atoms with Crippen LogP contribution in [-0.2, 0) is 4.79 Å². The summed E-state index contributed by atoms with van der Waals surface area (Å²) in [5, 5.41) is 2.94. The van der Waals surface area contributed by atoms with Crippen LogP contribution in [0.15, 0.2) is 0 Å². The van der Waals surface area contributed by atoms with Crippen molar-refractivity contribution in [3.63, 3.8) is 0 Å². The second-order valence-electron chi connectivity index (χ2n) is 4.89. The van der Waals surface area contributed by atoms with Crippen molar-refractivity contribution in [1.29, 1.82) is 0 Å². The van der Waals surface area contributed by atoms with E-state index < -0.39 is 0 Å². The van der Waals surface area contributed by atoms with E-state index in [4.69, 9.17) is 5.73 Å². The van der Waals surface area contributed by atoms with E-state index in [-0.39, 0.29) is 11.3 Å². The Morgan fingerprint density at radius 1 is 1.47 bits per heavy atom. The number of likely N-dealkylation sites (N-methyl/N-ethyl adjacent to an activating group) is 1. The van der Waals surface area contributed by atoms with Gasteiger partial charge in [0.2, 0.25) is 5.91 Å². The highest BCUT2D eigenvalue weighted by atomic mass is 16.1. The van der Waals surface area contributed by atoms with Crippen molar-refractivity contribution in [1.82, 2.24) is 10.2 Å². The molecule has 0 aromatic carbocycles. The number of carbonyl (C=O) groups excluding carboxylic acids is 1. The quantitative estimate of drug-likeness (QED) is 0.662. The maximum absolute atomic E-state index is 11.6. The highest BCUT2D eigenvalue weighted by Crippen LogP contribution is 2.42. The molecule has 1 amide bonds. The summed E-state index contributed by atoms with van der Waals surface area (Å²) in [6, 6.07) is 0. The fourth-order valence-corrected chi connectivity index (χ4v) is 1.95. The Hall–Kier alpha value is -0.610. The van der Waals surface area contributed by atoms with Gasteiger partial charge in [-0.1, -0.05) is 6.42 Å². The molecule has 1 aliphatic rings. The van der Waals surface area contributed by atoms with Crippen molar-refractivity contribution in [3.05, 3.63) is 0 Å². The van der Waals surface area contributed by atoms with E-state index in [1.165, 1.54) is 6.42 Å². The van der Waals surface area contributed by atoms with E-state index in [9.17, 15) is 4.79 Å². The molecule has 1 rings (SSSR count). The van der Waals surface area contributed by atoms with E-state index in [0.29, 0.717) is 13.0 Å². The molecule has 15 heavy (non-hydrogen) atoms. The lowest BCUT2D eigenvalue weighted by Crippen LogP contribution is -2.42. The van der Waals surface area contributed by atoms with Gasteiger partial charge in [0, 0.05) is 19.5 Å². The van der Waals surface area contributed by atoms with Crippen LogP contribution in [0.4, 0.5) is 0 Å². The Kier molecular flexibility index (Phi) is 4.54. The van der Waals surface area contributed by atoms with Crippen molar-refractivity contribution in [2.45, 2.75) is 25.7 Å². The summed E-state index contributed by atoms with van der Waals surface area (Å²) < 4.78 is 0. The van der Waals surface area contributed by atoms with Crippen LogP contribution in [0.5, 0.6) is 0 Å². The molecule has 0 aromatic heterocycles. The van der Waals surface area contributed by atoms with Gasteiger partial charge in [0.05, 0.1) is 0 Å². The lowest BCUT2D eigenvalue weighted by Gasteiger charge is -2.40. The molecular weight excluding hydrogens is 190 g/mol. The highest BCUT2D eigenvalue weighted by molar-refractivity contribution is 5.76. The van der Waals surface area contributed by atoms with Gasteiger partial charge in [-0.15, -0.1) is 0 Å². The van der Waals surface area contributed by atoms with Gasteiger partial charge in [0.1, 0.15) is 0 Å². The van der Waals surface area contributed by atoms with Crippen LogP contribution in [0, 0.1) is 5.41 Å². The van der Waals surface area contributed by atoms with Crippen molar-refractivity contribution >= 4 is 5.91 Å². The smallest absolute Gasteiger partial charge is 0.220 e. The number of hydrogen-bond donors (Lipinski definition) is 2. The summed E-state index contributed by atoms with van der Waals surface area (Å²) in [7, 11) is 4.00. The Morgan fingerprint density at radius 3 is 2.53 bits per heavy atom. The normalized spacial score (nSPS) is 18.7. The minimum atomic E-state index is 0.127. The first-order chi connectivity index (χ1) is 7.08. The molecule has 0 aromatic rings. The number of nitrogens with zero attached hydrogens (tertiary/aromatic N) is 1. The molecule has 0 saturated heterocycles. The Morgan fingerprint density at radius 2 is 2.13 bits per heavy atom. The first-order valence-corrected chi connectivity index (χ1v) is 5.69. The minimum Gasteiger partial charge on any atom is -0.355 e. The van der Waals surface area contributed by atoms with Crippen molar-refractivity contribution in [2.24, 2.45) is 11.1 Å². The summed E-state index contributed by atoms with van der Waals surface area (Å²) >= 11 is 0. The largest absolute Gasteiger partial charge is 0.355 e. The predicted octanol–water partition coefficient (Wildman–Crippen LogP) is 0.183. The zero-order valence-corrected chi connectivity index (χ0v) is 9.88. The average Bonchev–Trinajstić information content (AvgIpc) is 2.11. The minimum absolute atomic E-state index is 0.127. The van der Waals surface area contributed by atoms with Crippen molar-refractivity contribution in [2.75, 3.05) is 33.7 Å². The van der Waals surface area contributed by atoms with Crippen LogP contribution in [0.2, 0.25) is 0 Å². The zero-order valence-electron chi connectivity index (χ0n) is 9.88. The number of hydrogen-bond acceptors (Lipinski definition) is 3. The fraction of sp³-hybridized carbons (Fsp3) is 0.909. The van der Waals surface area contributed by atoms with Crippen molar-refractivity contribution < 1.29 is 4.79 Å². The summed E-state index contributed by atoms with van der Waals surface area (Å²) in [5.74, 6) is 0.155. The van der Waals surface area contributed by atoms with Gasteiger partial charge in [-0.05, 0) is 38.9 Å². The molecule has 1 fully saturated rings. The van der Waals surface area contributed by atoms with E-state index in [2.05, 4.69) is 10.2 Å². The van der Waals surface area contributed by atoms with E-state index in [0.717, 1.165) is 25.9 Å². The molecule has 4 heteroatoms. The van der Waals surface area contributed by atoms with E-state index in [1.54, 1.807) is 0 Å². The van der Waals surface area contributed by atoms with Crippen LogP contribution >= 0.6 is 0 Å². The summed E-state index contributed by atoms with van der Waals surface area (Å²) in [6.45, 7) is 2.27. The van der Waals surface area contributed by atoms with Crippen LogP contribution < -0.4 is 11.1 Å². The van der Waals surface area contributed by atoms with Crippen LogP contribution in [0.3, 0.4) is 0 Å². The second-order valence-corrected chi connectivity index (χ2v) is 4.89. The molecule has 0 atom stereocenters. The van der Waals surface area contributed by atoms with Crippen molar-refractivity contribution in [3.8, 4) is 0 Å². The summed E-state index contributed by atoms with van der Waals surface area (Å²) in [4.78, 5) is 13.7. The fourth-order valence-electron chi connectivity index (χ4n) is 1.95. The topological polar surface area (TPSA) is 58.4 Å². The van der Waals surface area contributed by atoms with Gasteiger partial charge in [0.25, 0.3) is 0 Å². The standard InChI is InChI=1S/C11H23N3O/c1-14(2)7-6-13-10(15)8-11(9-12)4-3-5-11/h3-9,12H2,1-2H3,(H,13,15).